The largest absolute Gasteiger partial charge is 0.496 e. The van der Waals surface area contributed by atoms with Crippen LogP contribution in [0.2, 0.25) is 0 Å². The number of anilines is 2. The molecule has 0 saturated heterocycles. The molecule has 10 heteroatoms. The number of methoxy groups -OCH3 is 1. The van der Waals surface area contributed by atoms with Crippen molar-refractivity contribution in [1.82, 2.24) is 0 Å². The summed E-state index contributed by atoms with van der Waals surface area (Å²) in [6.07, 6.45) is 0. The van der Waals surface area contributed by atoms with E-state index in [2.05, 4.69) is 21.2 Å². The molecule has 168 valence electrons. The number of carbonyl (C=O) groups is 1. The summed E-state index contributed by atoms with van der Waals surface area (Å²) in [7, 11) is -2.71. The Labute approximate surface area is 193 Å². The first kappa shape index (κ1) is 23.7. The summed E-state index contributed by atoms with van der Waals surface area (Å²) in [4.78, 5) is 12.6. The second kappa shape index (κ2) is 9.66. The van der Waals surface area contributed by atoms with Gasteiger partial charge in [-0.3, -0.25) is 9.10 Å². The van der Waals surface area contributed by atoms with Gasteiger partial charge < -0.3 is 10.1 Å². The van der Waals surface area contributed by atoms with E-state index in [0.29, 0.717) is 10.2 Å². The van der Waals surface area contributed by atoms with Crippen molar-refractivity contribution >= 4 is 43.2 Å². The van der Waals surface area contributed by atoms with Crippen molar-refractivity contribution in [2.45, 2.75) is 11.8 Å². The van der Waals surface area contributed by atoms with Crippen LogP contribution >= 0.6 is 15.9 Å². The minimum absolute atomic E-state index is 0.00217. The molecule has 3 aromatic rings. The first-order valence-electron chi connectivity index (χ1n) is 9.29. The van der Waals surface area contributed by atoms with Crippen molar-refractivity contribution < 1.29 is 26.7 Å². The average Bonchev–Trinajstić information content (AvgIpc) is 2.75. The van der Waals surface area contributed by atoms with Gasteiger partial charge in [-0.2, -0.15) is 0 Å². The van der Waals surface area contributed by atoms with Crippen LogP contribution in [0.3, 0.4) is 0 Å². The lowest BCUT2D eigenvalue weighted by Crippen LogP contribution is -2.38. The Morgan fingerprint density at radius 2 is 1.72 bits per heavy atom. The predicted octanol–water partition coefficient (Wildman–Crippen LogP) is 4.88. The van der Waals surface area contributed by atoms with Gasteiger partial charge in [0.25, 0.3) is 10.0 Å². The average molecular weight is 525 g/mol. The maximum Gasteiger partial charge on any atom is 0.264 e. The number of hydrogen-bond acceptors (Lipinski definition) is 4. The standard InChI is InChI=1S/C22H19BrF2N2O4S/c1-14-3-6-16(7-4-14)27(13-22(28)26-15-5-9-19(24)20(25)11-15)32(29,30)17-8-10-21(31-2)18(23)12-17/h3-12H,13H2,1-2H3,(H,26,28). The lowest BCUT2D eigenvalue weighted by Gasteiger charge is -2.24. The molecule has 0 aliphatic carbocycles. The summed E-state index contributed by atoms with van der Waals surface area (Å²) in [5.41, 5.74) is 1.18. The van der Waals surface area contributed by atoms with E-state index in [1.165, 1.54) is 31.4 Å². The third kappa shape index (κ3) is 5.25. The number of nitrogens with one attached hydrogen (secondary N) is 1. The number of carbonyl (C=O) groups excluding carboxylic acids is 1. The number of aryl methyl sites for hydroxylation is 1. The molecule has 0 fully saturated rings. The summed E-state index contributed by atoms with van der Waals surface area (Å²) in [5, 5.41) is 2.39. The highest BCUT2D eigenvalue weighted by Gasteiger charge is 2.28. The van der Waals surface area contributed by atoms with Crippen molar-refractivity contribution in [3.63, 3.8) is 0 Å². The number of amides is 1. The Kier molecular flexibility index (Phi) is 7.15. The fraction of sp³-hybridized carbons (Fsp3) is 0.136. The second-order valence-corrected chi connectivity index (χ2v) is 9.54. The van der Waals surface area contributed by atoms with E-state index in [1.54, 1.807) is 24.3 Å². The fourth-order valence-corrected chi connectivity index (χ4v) is 5.01. The van der Waals surface area contributed by atoms with Gasteiger partial charge >= 0.3 is 0 Å². The number of ether oxygens (including phenoxy) is 1. The van der Waals surface area contributed by atoms with Crippen molar-refractivity contribution in [2.75, 3.05) is 23.3 Å². The minimum atomic E-state index is -4.16. The Morgan fingerprint density at radius 1 is 1.03 bits per heavy atom. The molecule has 1 N–H and O–H groups in total. The van der Waals surface area contributed by atoms with Gasteiger partial charge in [0.2, 0.25) is 5.91 Å². The molecular formula is C22H19BrF2N2O4S. The minimum Gasteiger partial charge on any atom is -0.496 e. The molecule has 0 aliphatic rings. The van der Waals surface area contributed by atoms with E-state index in [1.807, 2.05) is 6.92 Å². The third-order valence-corrected chi connectivity index (χ3v) is 6.91. The van der Waals surface area contributed by atoms with Crippen LogP contribution < -0.4 is 14.4 Å². The zero-order valence-electron chi connectivity index (χ0n) is 17.1. The summed E-state index contributed by atoms with van der Waals surface area (Å²) in [6.45, 7) is 1.26. The van der Waals surface area contributed by atoms with Crippen LogP contribution in [0, 0.1) is 18.6 Å². The number of halogens is 3. The Morgan fingerprint density at radius 3 is 2.31 bits per heavy atom. The summed E-state index contributed by atoms with van der Waals surface area (Å²) < 4.78 is 60.0. The molecule has 0 bridgehead atoms. The summed E-state index contributed by atoms with van der Waals surface area (Å²) >= 11 is 3.27. The highest BCUT2D eigenvalue weighted by Crippen LogP contribution is 2.31. The van der Waals surface area contributed by atoms with Gasteiger partial charge in [-0.05, 0) is 65.3 Å². The summed E-state index contributed by atoms with van der Waals surface area (Å²) in [6, 6.07) is 13.7. The Balaban J connectivity index is 1.96. The molecule has 0 radical (unpaired) electrons. The Hall–Kier alpha value is -2.98. The number of rotatable bonds is 7. The fourth-order valence-electron chi connectivity index (χ4n) is 2.87. The van der Waals surface area contributed by atoms with Gasteiger partial charge in [0.05, 0.1) is 22.2 Å². The highest BCUT2D eigenvalue weighted by atomic mass is 79.9. The molecule has 0 saturated carbocycles. The predicted molar refractivity (Wildman–Crippen MR) is 121 cm³/mol. The lowest BCUT2D eigenvalue weighted by atomic mass is 10.2. The third-order valence-electron chi connectivity index (χ3n) is 4.52. The van der Waals surface area contributed by atoms with Gasteiger partial charge in [-0.25, -0.2) is 17.2 Å². The first-order chi connectivity index (χ1) is 15.1. The van der Waals surface area contributed by atoms with Crippen molar-refractivity contribution in [3.8, 4) is 5.75 Å². The number of hydrogen-bond donors (Lipinski definition) is 1. The quantitative estimate of drug-likeness (QED) is 0.478. The van der Waals surface area contributed by atoms with Gasteiger partial charge in [0.15, 0.2) is 11.6 Å². The van der Waals surface area contributed by atoms with Crippen molar-refractivity contribution in [1.29, 1.82) is 0 Å². The normalized spacial score (nSPS) is 11.2. The zero-order chi connectivity index (χ0) is 23.5. The van der Waals surface area contributed by atoms with Gasteiger partial charge in [-0.1, -0.05) is 17.7 Å². The molecule has 3 aromatic carbocycles. The van der Waals surface area contributed by atoms with Crippen LogP contribution in [0.25, 0.3) is 0 Å². The number of nitrogens with zero attached hydrogens (tertiary/aromatic N) is 1. The molecular weight excluding hydrogens is 506 g/mol. The van der Waals surface area contributed by atoms with Crippen LogP contribution in [0.4, 0.5) is 20.2 Å². The number of sulfonamides is 1. The topological polar surface area (TPSA) is 75.7 Å². The maximum absolute atomic E-state index is 13.5. The van der Waals surface area contributed by atoms with E-state index in [0.717, 1.165) is 22.0 Å². The first-order valence-corrected chi connectivity index (χ1v) is 11.5. The van der Waals surface area contributed by atoms with E-state index in [9.17, 15) is 22.0 Å². The SMILES string of the molecule is COc1ccc(S(=O)(=O)N(CC(=O)Nc2ccc(F)c(F)c2)c2ccc(C)cc2)cc1Br. The Bertz CT molecular complexity index is 1250. The van der Waals surface area contributed by atoms with Crippen LogP contribution in [0.1, 0.15) is 5.56 Å². The molecule has 0 spiro atoms. The van der Waals surface area contributed by atoms with E-state index < -0.39 is 34.1 Å². The molecule has 32 heavy (non-hydrogen) atoms. The van der Waals surface area contributed by atoms with Crippen LogP contribution in [0.5, 0.6) is 5.75 Å². The molecule has 0 aliphatic heterocycles. The molecule has 0 aromatic heterocycles. The smallest absolute Gasteiger partial charge is 0.264 e. The molecule has 0 atom stereocenters. The monoisotopic (exact) mass is 524 g/mol. The van der Waals surface area contributed by atoms with E-state index in [-0.39, 0.29) is 16.3 Å². The maximum atomic E-state index is 13.5. The zero-order valence-corrected chi connectivity index (χ0v) is 19.5. The van der Waals surface area contributed by atoms with Crippen molar-refractivity contribution in [3.05, 3.63) is 82.3 Å². The highest BCUT2D eigenvalue weighted by molar-refractivity contribution is 9.10. The molecule has 1 amide bonds. The van der Waals surface area contributed by atoms with Gasteiger partial charge in [0, 0.05) is 11.8 Å². The van der Waals surface area contributed by atoms with Crippen molar-refractivity contribution in [2.24, 2.45) is 0 Å². The van der Waals surface area contributed by atoms with E-state index >= 15 is 0 Å². The van der Waals surface area contributed by atoms with Crippen LogP contribution in [-0.4, -0.2) is 28.0 Å². The molecule has 3 rings (SSSR count). The van der Waals surface area contributed by atoms with Gasteiger partial charge in [0.1, 0.15) is 12.3 Å². The molecule has 6 nitrogen and oxygen atoms in total. The van der Waals surface area contributed by atoms with Gasteiger partial charge in [-0.15, -0.1) is 0 Å². The molecule has 0 unspecified atom stereocenters. The second-order valence-electron chi connectivity index (χ2n) is 6.82. The van der Waals surface area contributed by atoms with Crippen LogP contribution in [0.15, 0.2) is 70.0 Å². The number of benzene rings is 3. The molecule has 0 heterocycles. The van der Waals surface area contributed by atoms with E-state index in [4.69, 9.17) is 4.74 Å². The lowest BCUT2D eigenvalue weighted by molar-refractivity contribution is -0.114. The summed E-state index contributed by atoms with van der Waals surface area (Å²) in [5.74, 6) is -2.47. The van der Waals surface area contributed by atoms with Crippen LogP contribution in [-0.2, 0) is 14.8 Å².